The minimum Gasteiger partial charge on any atom is -0.391 e. The van der Waals surface area contributed by atoms with E-state index in [1.807, 2.05) is 0 Å². The van der Waals surface area contributed by atoms with Crippen LogP contribution in [-0.2, 0) is 31.4 Å². The molecule has 0 heterocycles. The normalized spacial score (nSPS) is 23.1. The molecule has 0 atom stereocenters. The third-order valence-electron chi connectivity index (χ3n) is 4.44. The van der Waals surface area contributed by atoms with Gasteiger partial charge in [-0.25, -0.2) is 9.18 Å². The van der Waals surface area contributed by atoms with E-state index in [9.17, 15) is 27.9 Å². The molecule has 1 N–H and O–H groups in total. The van der Waals surface area contributed by atoms with E-state index in [-0.39, 0.29) is 38.0 Å². The van der Waals surface area contributed by atoms with E-state index in [1.54, 1.807) is 24.3 Å². The van der Waals surface area contributed by atoms with Crippen molar-refractivity contribution in [3.63, 3.8) is 0 Å². The number of esters is 2. The van der Waals surface area contributed by atoms with Crippen LogP contribution in [0.25, 0.3) is 0 Å². The zero-order valence-corrected chi connectivity index (χ0v) is 15.2. The Labute approximate surface area is 159 Å². The highest BCUT2D eigenvalue weighted by Gasteiger charge is 2.45. The van der Waals surface area contributed by atoms with Gasteiger partial charge in [-0.3, -0.25) is 4.79 Å². The summed E-state index contributed by atoms with van der Waals surface area (Å²) in [4.78, 5) is 24.2. The Hall–Kier alpha value is -1.64. The second-order valence-corrected chi connectivity index (χ2v) is 6.73. The van der Waals surface area contributed by atoms with Gasteiger partial charge in [0.15, 0.2) is 12.3 Å². The zero-order chi connectivity index (χ0) is 20.1. The molecule has 2 rings (SSSR count). The number of ether oxygens (including phenoxy) is 2. The van der Waals surface area contributed by atoms with Crippen LogP contribution in [0, 0.1) is 0 Å². The van der Waals surface area contributed by atoms with Gasteiger partial charge in [0.05, 0.1) is 12.5 Å². The number of carbonyl (C=O) groups excluding carboxylic acids is 2. The molecule has 0 aliphatic heterocycles. The van der Waals surface area contributed by atoms with Crippen molar-refractivity contribution in [2.75, 3.05) is 6.67 Å². The molecule has 0 unspecified atom stereocenters. The number of hydrogen-bond acceptors (Lipinski definition) is 5. The molecule has 27 heavy (non-hydrogen) atoms. The topological polar surface area (TPSA) is 72.8 Å². The Morgan fingerprint density at radius 2 is 1.81 bits per heavy atom. The fourth-order valence-electron chi connectivity index (χ4n) is 2.92. The summed E-state index contributed by atoms with van der Waals surface area (Å²) in [5, 5.41) is 10.4. The SMILES string of the molecule is O=C(Cc1ccccc1CCl)OC(=O)C1(O)CCC(OC(F)(F)CF)CC1. The van der Waals surface area contributed by atoms with Crippen molar-refractivity contribution in [1.82, 2.24) is 0 Å². The van der Waals surface area contributed by atoms with Gasteiger partial charge in [-0.05, 0) is 36.8 Å². The number of hydrogen-bond donors (Lipinski definition) is 1. The summed E-state index contributed by atoms with van der Waals surface area (Å²) < 4.78 is 47.1. The lowest BCUT2D eigenvalue weighted by Gasteiger charge is -2.34. The van der Waals surface area contributed by atoms with Gasteiger partial charge in [-0.1, -0.05) is 24.3 Å². The molecule has 1 aliphatic rings. The van der Waals surface area contributed by atoms with Crippen LogP contribution in [0.4, 0.5) is 13.2 Å². The third kappa shape index (κ3) is 5.92. The van der Waals surface area contributed by atoms with E-state index < -0.39 is 36.4 Å². The maximum Gasteiger partial charge on any atom is 0.384 e. The van der Waals surface area contributed by atoms with Crippen molar-refractivity contribution in [2.45, 2.75) is 55.8 Å². The summed E-state index contributed by atoms with van der Waals surface area (Å²) in [6, 6.07) is 6.88. The van der Waals surface area contributed by atoms with Crippen LogP contribution >= 0.6 is 11.6 Å². The molecule has 0 amide bonds. The molecule has 0 aromatic heterocycles. The maximum absolute atomic E-state index is 12.9. The molecule has 0 saturated heterocycles. The molecular weight excluding hydrogens is 389 g/mol. The van der Waals surface area contributed by atoms with E-state index in [2.05, 4.69) is 4.74 Å². The number of carbonyl (C=O) groups is 2. The van der Waals surface area contributed by atoms with Crippen LogP contribution < -0.4 is 0 Å². The molecule has 1 aliphatic carbocycles. The van der Waals surface area contributed by atoms with Gasteiger partial charge in [-0.15, -0.1) is 11.6 Å². The first-order valence-corrected chi connectivity index (χ1v) is 8.94. The van der Waals surface area contributed by atoms with Gasteiger partial charge >= 0.3 is 18.0 Å². The molecule has 9 heteroatoms. The quantitative estimate of drug-likeness (QED) is 0.426. The summed E-state index contributed by atoms with van der Waals surface area (Å²) in [6.45, 7) is -1.95. The molecule has 0 radical (unpaired) electrons. The van der Waals surface area contributed by atoms with Crippen LogP contribution in [0.5, 0.6) is 0 Å². The average Bonchev–Trinajstić information content (AvgIpc) is 2.64. The second-order valence-electron chi connectivity index (χ2n) is 6.46. The van der Waals surface area contributed by atoms with Crippen molar-refractivity contribution in [3.05, 3.63) is 35.4 Å². The number of benzene rings is 1. The van der Waals surface area contributed by atoms with E-state index in [1.165, 1.54) is 0 Å². The zero-order valence-electron chi connectivity index (χ0n) is 14.4. The van der Waals surface area contributed by atoms with Gasteiger partial charge in [0.2, 0.25) is 0 Å². The first kappa shape index (κ1) is 21.7. The Balaban J connectivity index is 1.89. The molecule has 150 valence electrons. The predicted molar refractivity (Wildman–Crippen MR) is 90.0 cm³/mol. The summed E-state index contributed by atoms with van der Waals surface area (Å²) in [7, 11) is 0. The highest BCUT2D eigenvalue weighted by molar-refractivity contribution is 6.17. The average molecular weight is 409 g/mol. The van der Waals surface area contributed by atoms with Gasteiger partial charge in [0.25, 0.3) is 0 Å². The summed E-state index contributed by atoms with van der Waals surface area (Å²) in [6.07, 6.45) is -5.73. The minimum atomic E-state index is -3.90. The molecule has 1 aromatic rings. The highest BCUT2D eigenvalue weighted by atomic mass is 35.5. The molecule has 0 spiro atoms. The van der Waals surface area contributed by atoms with Crippen molar-refractivity contribution >= 4 is 23.5 Å². The fraction of sp³-hybridized carbons (Fsp3) is 0.556. The van der Waals surface area contributed by atoms with Gasteiger partial charge < -0.3 is 14.6 Å². The Morgan fingerprint density at radius 1 is 1.22 bits per heavy atom. The molecule has 0 bridgehead atoms. The van der Waals surface area contributed by atoms with Gasteiger partial charge in [-0.2, -0.15) is 8.78 Å². The monoisotopic (exact) mass is 408 g/mol. The Morgan fingerprint density at radius 3 is 2.37 bits per heavy atom. The standard InChI is InChI=1S/C18H20ClF3O5/c19-10-13-4-2-1-3-12(13)9-15(23)26-16(24)17(25)7-5-14(6-8-17)27-18(21,22)11-20/h1-4,14,25H,5-11H2. The molecular formula is C18H20ClF3O5. The van der Waals surface area contributed by atoms with Crippen LogP contribution in [0.15, 0.2) is 24.3 Å². The van der Waals surface area contributed by atoms with Gasteiger partial charge in [0, 0.05) is 5.88 Å². The lowest BCUT2D eigenvalue weighted by atomic mass is 9.83. The number of halogens is 4. The largest absolute Gasteiger partial charge is 0.391 e. The first-order valence-electron chi connectivity index (χ1n) is 8.41. The van der Waals surface area contributed by atoms with Crippen LogP contribution in [0.3, 0.4) is 0 Å². The lowest BCUT2D eigenvalue weighted by Crippen LogP contribution is -2.46. The van der Waals surface area contributed by atoms with E-state index in [0.717, 1.165) is 0 Å². The van der Waals surface area contributed by atoms with E-state index >= 15 is 0 Å². The minimum absolute atomic E-state index is 0.0928. The maximum atomic E-state index is 12.9. The van der Waals surface area contributed by atoms with Crippen LogP contribution in [0.2, 0.25) is 0 Å². The van der Waals surface area contributed by atoms with E-state index in [0.29, 0.717) is 11.1 Å². The highest BCUT2D eigenvalue weighted by Crippen LogP contribution is 2.34. The lowest BCUT2D eigenvalue weighted by molar-refractivity contribution is -0.276. The summed E-state index contributed by atoms with van der Waals surface area (Å²) >= 11 is 5.79. The molecule has 5 nitrogen and oxygen atoms in total. The van der Waals surface area contributed by atoms with Crippen molar-refractivity contribution in [2.24, 2.45) is 0 Å². The van der Waals surface area contributed by atoms with Crippen LogP contribution in [-0.4, -0.2) is 41.5 Å². The predicted octanol–water partition coefficient (Wildman–Crippen LogP) is 3.29. The van der Waals surface area contributed by atoms with E-state index in [4.69, 9.17) is 16.3 Å². The Bertz CT molecular complexity index is 675. The van der Waals surface area contributed by atoms with Crippen molar-refractivity contribution in [1.29, 1.82) is 0 Å². The summed E-state index contributed by atoms with van der Waals surface area (Å²) in [5.74, 6) is -1.80. The van der Waals surface area contributed by atoms with Gasteiger partial charge in [0.1, 0.15) is 0 Å². The fourth-order valence-corrected chi connectivity index (χ4v) is 3.18. The number of alkyl halides is 4. The molecule has 1 fully saturated rings. The van der Waals surface area contributed by atoms with Crippen molar-refractivity contribution < 1.29 is 37.3 Å². The van der Waals surface area contributed by atoms with Crippen molar-refractivity contribution in [3.8, 4) is 0 Å². The smallest absolute Gasteiger partial charge is 0.384 e. The molecule has 1 aromatic carbocycles. The number of rotatable bonds is 7. The van der Waals surface area contributed by atoms with Crippen LogP contribution in [0.1, 0.15) is 36.8 Å². The second kappa shape index (κ2) is 9.03. The molecule has 1 saturated carbocycles. The third-order valence-corrected chi connectivity index (χ3v) is 4.73. The number of aliphatic hydroxyl groups is 1. The summed E-state index contributed by atoms with van der Waals surface area (Å²) in [5.41, 5.74) is -0.649. The first-order chi connectivity index (χ1) is 12.7. The Kier molecular flexibility index (Phi) is 7.25.